The molecule has 0 fully saturated rings. The van der Waals surface area contributed by atoms with Crippen molar-refractivity contribution in [2.45, 2.75) is 83.7 Å². The smallest absolute Gasteiger partial charge is 0.168 e. The highest BCUT2D eigenvalue weighted by Crippen LogP contribution is 2.23. The average Bonchev–Trinajstić information content (AvgIpc) is 3.08. The van der Waals surface area contributed by atoms with Crippen LogP contribution in [0.4, 0.5) is 0 Å². The van der Waals surface area contributed by atoms with Crippen LogP contribution in [0.15, 0.2) is 12.2 Å². The molecule has 1 unspecified atom stereocenters. The van der Waals surface area contributed by atoms with Gasteiger partial charge in [0.15, 0.2) is 5.78 Å². The molecule has 0 saturated carbocycles. The summed E-state index contributed by atoms with van der Waals surface area (Å²) in [4.78, 5) is 12.8. The van der Waals surface area contributed by atoms with Gasteiger partial charge in [0.1, 0.15) is 6.10 Å². The molecular weight excluding hydrogens is 310 g/mol. The standard InChI is InChI=1S/C22H42NO2/c1-5-6-7-8-9-10-11-17-21(22(24)20-15-12-13-16-20)25-19-14-18-23(2,3)4/h12,15,20-21H,5-11,13-14,16-19H2,1-4H3/q+1/t20-,21?/m0/s1. The zero-order valence-electron chi connectivity index (χ0n) is 17.3. The number of rotatable bonds is 15. The lowest BCUT2D eigenvalue weighted by Gasteiger charge is -2.25. The number of unbranched alkanes of at least 4 members (excludes halogenated alkanes) is 6. The van der Waals surface area contributed by atoms with Gasteiger partial charge in [-0.2, -0.15) is 0 Å². The van der Waals surface area contributed by atoms with Crippen molar-refractivity contribution in [3.63, 3.8) is 0 Å². The second-order valence-electron chi connectivity index (χ2n) is 8.65. The van der Waals surface area contributed by atoms with Crippen molar-refractivity contribution in [3.05, 3.63) is 12.2 Å². The molecule has 0 bridgehead atoms. The molecule has 0 aromatic heterocycles. The first kappa shape index (κ1) is 22.4. The van der Waals surface area contributed by atoms with Gasteiger partial charge in [0.2, 0.25) is 0 Å². The van der Waals surface area contributed by atoms with E-state index >= 15 is 0 Å². The zero-order valence-corrected chi connectivity index (χ0v) is 17.3. The van der Waals surface area contributed by atoms with Crippen LogP contribution in [0.25, 0.3) is 0 Å². The van der Waals surface area contributed by atoms with Gasteiger partial charge < -0.3 is 9.22 Å². The van der Waals surface area contributed by atoms with Crippen molar-refractivity contribution >= 4 is 5.78 Å². The van der Waals surface area contributed by atoms with Gasteiger partial charge in [-0.1, -0.05) is 64.0 Å². The predicted molar refractivity (Wildman–Crippen MR) is 107 cm³/mol. The molecular formula is C22H42NO2+. The molecule has 0 aromatic carbocycles. The molecule has 0 spiro atoms. The molecule has 3 nitrogen and oxygen atoms in total. The van der Waals surface area contributed by atoms with E-state index in [0.29, 0.717) is 12.4 Å². The highest BCUT2D eigenvalue weighted by atomic mass is 16.5. The lowest BCUT2D eigenvalue weighted by Crippen LogP contribution is -2.36. The number of ketones is 1. The summed E-state index contributed by atoms with van der Waals surface area (Å²) in [7, 11) is 6.60. The van der Waals surface area contributed by atoms with E-state index in [9.17, 15) is 4.79 Å². The number of allylic oxidation sites excluding steroid dienone is 2. The maximum absolute atomic E-state index is 12.8. The van der Waals surface area contributed by atoms with Crippen LogP contribution >= 0.6 is 0 Å². The van der Waals surface area contributed by atoms with E-state index < -0.39 is 0 Å². The van der Waals surface area contributed by atoms with E-state index in [1.54, 1.807) is 0 Å². The van der Waals surface area contributed by atoms with Crippen LogP contribution in [0.2, 0.25) is 0 Å². The third kappa shape index (κ3) is 10.8. The van der Waals surface area contributed by atoms with Crippen LogP contribution in [-0.2, 0) is 9.53 Å². The molecule has 0 aromatic rings. The van der Waals surface area contributed by atoms with E-state index in [1.165, 1.54) is 38.5 Å². The lowest BCUT2D eigenvalue weighted by molar-refractivity contribution is -0.870. The Morgan fingerprint density at radius 3 is 2.36 bits per heavy atom. The fraction of sp³-hybridized carbons (Fsp3) is 0.864. The van der Waals surface area contributed by atoms with Crippen LogP contribution in [0.1, 0.15) is 77.6 Å². The summed E-state index contributed by atoms with van der Waals surface area (Å²) >= 11 is 0. The lowest BCUT2D eigenvalue weighted by atomic mass is 9.95. The summed E-state index contributed by atoms with van der Waals surface area (Å²) in [5.74, 6) is 0.429. The second kappa shape index (κ2) is 12.6. The zero-order chi connectivity index (χ0) is 18.5. The van der Waals surface area contributed by atoms with Crippen molar-refractivity contribution in [3.8, 4) is 0 Å². The molecule has 146 valence electrons. The molecule has 3 heteroatoms. The SMILES string of the molecule is CCCCCCCCCC(OCCC[N+](C)(C)C)C(=O)[C@H]1C=CCC1. The average molecular weight is 353 g/mol. The van der Waals surface area contributed by atoms with E-state index in [2.05, 4.69) is 40.2 Å². The molecule has 0 N–H and O–H groups in total. The Hall–Kier alpha value is -0.670. The minimum Gasteiger partial charge on any atom is -0.370 e. The van der Waals surface area contributed by atoms with E-state index in [-0.39, 0.29) is 12.0 Å². The van der Waals surface area contributed by atoms with Crippen molar-refractivity contribution < 1.29 is 14.0 Å². The fourth-order valence-corrected chi connectivity index (χ4v) is 3.47. The first-order valence-corrected chi connectivity index (χ1v) is 10.6. The van der Waals surface area contributed by atoms with Gasteiger partial charge in [-0.05, 0) is 19.3 Å². The molecule has 0 amide bonds. The van der Waals surface area contributed by atoms with Crippen molar-refractivity contribution in [2.24, 2.45) is 5.92 Å². The van der Waals surface area contributed by atoms with Crippen LogP contribution in [0, 0.1) is 5.92 Å². The third-order valence-electron chi connectivity index (χ3n) is 5.06. The second-order valence-corrected chi connectivity index (χ2v) is 8.65. The van der Waals surface area contributed by atoms with Gasteiger partial charge in [0.25, 0.3) is 0 Å². The molecule has 0 saturated heterocycles. The molecule has 1 aliphatic rings. The molecule has 2 atom stereocenters. The molecule has 25 heavy (non-hydrogen) atoms. The monoisotopic (exact) mass is 352 g/mol. The Labute approximate surface area is 156 Å². The molecule has 0 heterocycles. The first-order chi connectivity index (χ1) is 11.9. The quantitative estimate of drug-likeness (QED) is 0.232. The molecule has 0 aliphatic heterocycles. The van der Waals surface area contributed by atoms with Gasteiger partial charge in [-0.25, -0.2) is 0 Å². The Kier molecular flexibility index (Phi) is 11.3. The largest absolute Gasteiger partial charge is 0.370 e. The minimum atomic E-state index is -0.184. The number of nitrogens with zero attached hydrogens (tertiary/aromatic N) is 1. The first-order valence-electron chi connectivity index (χ1n) is 10.6. The number of carbonyl (C=O) groups excluding carboxylic acids is 1. The molecule has 1 aliphatic carbocycles. The summed E-state index contributed by atoms with van der Waals surface area (Å²) < 4.78 is 7.01. The van der Waals surface area contributed by atoms with Gasteiger partial charge in [0.05, 0.1) is 34.3 Å². The fourth-order valence-electron chi connectivity index (χ4n) is 3.47. The van der Waals surface area contributed by atoms with Crippen molar-refractivity contribution in [1.82, 2.24) is 0 Å². The summed E-state index contributed by atoms with van der Waals surface area (Å²) in [5, 5.41) is 0. The number of ether oxygens (including phenoxy) is 1. The summed E-state index contributed by atoms with van der Waals surface area (Å²) in [6.45, 7) is 4.05. The number of hydrogen-bond donors (Lipinski definition) is 0. The van der Waals surface area contributed by atoms with Gasteiger partial charge in [-0.15, -0.1) is 0 Å². The number of hydrogen-bond acceptors (Lipinski definition) is 2. The predicted octanol–water partition coefficient (Wildman–Crippen LogP) is 5.14. The van der Waals surface area contributed by atoms with Crippen LogP contribution < -0.4 is 0 Å². The highest BCUT2D eigenvalue weighted by molar-refractivity contribution is 5.87. The number of carbonyl (C=O) groups is 1. The van der Waals surface area contributed by atoms with Crippen molar-refractivity contribution in [1.29, 1.82) is 0 Å². The van der Waals surface area contributed by atoms with Crippen LogP contribution in [0.5, 0.6) is 0 Å². The Balaban J connectivity index is 2.31. The van der Waals surface area contributed by atoms with Gasteiger partial charge in [-0.3, -0.25) is 4.79 Å². The van der Waals surface area contributed by atoms with E-state index in [0.717, 1.165) is 43.1 Å². The summed E-state index contributed by atoms with van der Waals surface area (Å²) in [5.41, 5.74) is 0. The number of Topliss-reactive ketones (excluding diaryl/α,β-unsaturated/α-hetero) is 1. The molecule has 0 radical (unpaired) electrons. The summed E-state index contributed by atoms with van der Waals surface area (Å²) in [6, 6.07) is 0. The van der Waals surface area contributed by atoms with Gasteiger partial charge >= 0.3 is 0 Å². The van der Waals surface area contributed by atoms with Crippen LogP contribution in [-0.4, -0.2) is 50.7 Å². The summed E-state index contributed by atoms with van der Waals surface area (Å²) in [6.07, 6.45) is 17.0. The number of quaternary nitrogens is 1. The Morgan fingerprint density at radius 2 is 1.76 bits per heavy atom. The minimum absolute atomic E-state index is 0.105. The van der Waals surface area contributed by atoms with Crippen molar-refractivity contribution in [2.75, 3.05) is 34.3 Å². The normalized spacial score (nSPS) is 18.6. The maximum atomic E-state index is 12.8. The maximum Gasteiger partial charge on any atom is 0.168 e. The molecule has 1 rings (SSSR count). The highest BCUT2D eigenvalue weighted by Gasteiger charge is 2.27. The third-order valence-corrected chi connectivity index (χ3v) is 5.06. The Morgan fingerprint density at radius 1 is 1.08 bits per heavy atom. The Bertz CT molecular complexity index is 384. The van der Waals surface area contributed by atoms with E-state index in [4.69, 9.17) is 4.74 Å². The topological polar surface area (TPSA) is 26.3 Å². The van der Waals surface area contributed by atoms with Gasteiger partial charge in [0, 0.05) is 12.3 Å². The van der Waals surface area contributed by atoms with E-state index in [1.807, 2.05) is 0 Å². The van der Waals surface area contributed by atoms with Crippen LogP contribution in [0.3, 0.4) is 0 Å².